The third-order valence-electron chi connectivity index (χ3n) is 12.5. The van der Waals surface area contributed by atoms with Gasteiger partial charge in [-0.3, -0.25) is 14.3 Å². The summed E-state index contributed by atoms with van der Waals surface area (Å²) in [6.07, 6.45) is 11.9. The Morgan fingerprint density at radius 2 is 1.09 bits per heavy atom. The molecule has 0 atom stereocenters. The van der Waals surface area contributed by atoms with E-state index in [1.165, 1.54) is 0 Å². The number of nitrogens with one attached hydrogen (secondary N) is 3. The summed E-state index contributed by atoms with van der Waals surface area (Å²) in [4.78, 5) is 58.9. The number of carbonyl (C=O) groups is 2. The fraction of sp³-hybridized carbons (Fsp3) is 0.457. The van der Waals surface area contributed by atoms with Crippen LogP contribution in [0.1, 0.15) is 46.7 Å². The van der Waals surface area contributed by atoms with Gasteiger partial charge < -0.3 is 50.5 Å². The number of hydrogen-bond donors (Lipinski definition) is 3. The standard InChI is InChI=1S/C23H31N9O.C23H30N8O/c1-28(2)22(33)19-14-17-15-25-23(27-21(17)32(19)31-8-4-5-9-31)26-20-7-6-18(16-24-20)30-12-10-29(3)11-13-30;1-28(2)23(32)20-13-17-15-25-22(14-19(17)31(20)30-9-3-4-10-30)27-21-6-5-18(16-26-21)29-11-7-24-8-12-29/h6-7,14-16H,4-5,8-13H2,1-3H3,(H,24,25,26,27);5-6,13-16,24H,3-4,7-12H2,1-2H3,(H,25,26,27). The van der Waals surface area contributed by atoms with Gasteiger partial charge in [0, 0.05) is 136 Å². The maximum absolute atomic E-state index is 12.9. The zero-order valence-corrected chi connectivity index (χ0v) is 38.2. The van der Waals surface area contributed by atoms with Crippen molar-refractivity contribution in [2.45, 2.75) is 25.7 Å². The van der Waals surface area contributed by atoms with Gasteiger partial charge in [0.25, 0.3) is 11.8 Å². The first-order chi connectivity index (χ1) is 31.6. The minimum absolute atomic E-state index is 0.00669. The Morgan fingerprint density at radius 1 is 0.569 bits per heavy atom. The van der Waals surface area contributed by atoms with Gasteiger partial charge in [0.1, 0.15) is 28.8 Å². The van der Waals surface area contributed by atoms with Crippen molar-refractivity contribution >= 4 is 68.5 Å². The van der Waals surface area contributed by atoms with Gasteiger partial charge in [0.15, 0.2) is 5.65 Å². The third-order valence-corrected chi connectivity index (χ3v) is 12.5. The van der Waals surface area contributed by atoms with E-state index < -0.39 is 0 Å². The number of piperazine rings is 2. The lowest BCUT2D eigenvalue weighted by atomic mass is 10.3. The summed E-state index contributed by atoms with van der Waals surface area (Å²) in [5.41, 5.74) is 5.25. The van der Waals surface area contributed by atoms with Gasteiger partial charge in [-0.2, -0.15) is 4.98 Å². The SMILES string of the molecule is CN(C)C(=O)c1cc2cnc(Nc3ccc(N4CCNCC4)cn3)cc2n1N1CCCC1.CN1CCN(c2ccc(Nc3ncc4cc(C(=O)N(C)C)n(N5CCCC5)c4n3)nc2)CC1. The van der Waals surface area contributed by atoms with Crippen LogP contribution in [0, 0.1) is 0 Å². The van der Waals surface area contributed by atoms with E-state index in [0.29, 0.717) is 29.0 Å². The van der Waals surface area contributed by atoms with E-state index in [0.717, 1.165) is 143 Å². The van der Waals surface area contributed by atoms with E-state index in [4.69, 9.17) is 4.98 Å². The molecule has 0 aliphatic carbocycles. The molecule has 2 amide bonds. The molecule has 10 rings (SSSR count). The van der Waals surface area contributed by atoms with Crippen LogP contribution < -0.4 is 35.8 Å². The predicted octanol–water partition coefficient (Wildman–Crippen LogP) is 3.77. The summed E-state index contributed by atoms with van der Waals surface area (Å²) in [7, 11) is 9.26. The molecule has 19 heteroatoms. The van der Waals surface area contributed by atoms with Crippen LogP contribution in [0.4, 0.5) is 34.8 Å². The lowest BCUT2D eigenvalue weighted by Gasteiger charge is -2.33. The lowest BCUT2D eigenvalue weighted by molar-refractivity contribution is 0.0810. The van der Waals surface area contributed by atoms with Crippen LogP contribution >= 0.6 is 0 Å². The molecule has 4 aliphatic rings. The van der Waals surface area contributed by atoms with Crippen molar-refractivity contribution in [3.05, 3.63) is 78.6 Å². The van der Waals surface area contributed by atoms with E-state index in [1.807, 2.05) is 53.6 Å². The van der Waals surface area contributed by atoms with Crippen molar-refractivity contribution in [1.82, 2.24) is 54.3 Å². The fourth-order valence-corrected chi connectivity index (χ4v) is 8.88. The molecule has 65 heavy (non-hydrogen) atoms. The Morgan fingerprint density at radius 3 is 1.68 bits per heavy atom. The number of carbonyl (C=O) groups excluding carboxylic acids is 2. The molecule has 0 saturated carbocycles. The van der Waals surface area contributed by atoms with Crippen LogP contribution in [0.15, 0.2) is 67.3 Å². The average molecular weight is 884 g/mol. The highest BCUT2D eigenvalue weighted by molar-refractivity contribution is 5.99. The minimum atomic E-state index is -0.0458. The van der Waals surface area contributed by atoms with Gasteiger partial charge in [0.05, 0.1) is 29.3 Å². The molecular formula is C46H61N17O2. The topological polar surface area (TPSA) is 167 Å². The first-order valence-electron chi connectivity index (χ1n) is 22.8. The number of aromatic nitrogens is 7. The van der Waals surface area contributed by atoms with Crippen molar-refractivity contribution in [2.24, 2.45) is 0 Å². The van der Waals surface area contributed by atoms with Crippen LogP contribution in [0.25, 0.3) is 21.9 Å². The second-order valence-electron chi connectivity index (χ2n) is 17.6. The molecule has 3 N–H and O–H groups in total. The molecule has 4 fully saturated rings. The summed E-state index contributed by atoms with van der Waals surface area (Å²) in [6.45, 7) is 11.8. The number of fused-ring (bicyclic) bond motifs is 2. The molecule has 0 unspecified atom stereocenters. The Hall–Kier alpha value is -6.73. The number of likely N-dealkylation sites (N-methyl/N-ethyl adjacent to an activating group) is 1. The van der Waals surface area contributed by atoms with Crippen LogP contribution in [-0.2, 0) is 0 Å². The lowest BCUT2D eigenvalue weighted by Crippen LogP contribution is -2.44. The smallest absolute Gasteiger partial charge is 0.272 e. The summed E-state index contributed by atoms with van der Waals surface area (Å²) >= 11 is 0. The Kier molecular flexibility index (Phi) is 12.8. The molecule has 342 valence electrons. The van der Waals surface area contributed by atoms with Crippen LogP contribution in [-0.4, -0.2) is 175 Å². The number of anilines is 6. The minimum Gasteiger partial charge on any atom is -0.368 e. The van der Waals surface area contributed by atoms with Crippen molar-refractivity contribution in [3.63, 3.8) is 0 Å². The zero-order chi connectivity index (χ0) is 45.0. The van der Waals surface area contributed by atoms with Crippen molar-refractivity contribution < 1.29 is 9.59 Å². The number of rotatable bonds is 10. The molecule has 4 saturated heterocycles. The number of pyridine rings is 3. The highest BCUT2D eigenvalue weighted by Gasteiger charge is 2.26. The van der Waals surface area contributed by atoms with Gasteiger partial charge in [0.2, 0.25) is 5.95 Å². The monoisotopic (exact) mass is 884 g/mol. The van der Waals surface area contributed by atoms with Crippen LogP contribution in [0.5, 0.6) is 0 Å². The third kappa shape index (κ3) is 9.56. The summed E-state index contributed by atoms with van der Waals surface area (Å²) < 4.78 is 4.03. The first-order valence-corrected chi connectivity index (χ1v) is 22.8. The van der Waals surface area contributed by atoms with Gasteiger partial charge in [-0.05, 0) is 69.1 Å². The molecule has 4 aliphatic heterocycles. The van der Waals surface area contributed by atoms with Gasteiger partial charge in [-0.25, -0.2) is 24.6 Å². The first kappa shape index (κ1) is 43.5. The van der Waals surface area contributed by atoms with E-state index in [2.05, 4.69) is 84.5 Å². The fourth-order valence-electron chi connectivity index (χ4n) is 8.88. The predicted molar refractivity (Wildman–Crippen MR) is 257 cm³/mol. The Balaban J connectivity index is 0.000000164. The number of nitrogens with zero attached hydrogens (tertiary/aromatic N) is 14. The Labute approximate surface area is 380 Å². The van der Waals surface area contributed by atoms with Crippen molar-refractivity contribution in [1.29, 1.82) is 0 Å². The molecule has 19 nitrogen and oxygen atoms in total. The maximum atomic E-state index is 12.9. The molecule has 10 heterocycles. The van der Waals surface area contributed by atoms with Gasteiger partial charge in [-0.1, -0.05) is 0 Å². The zero-order valence-electron chi connectivity index (χ0n) is 38.2. The maximum Gasteiger partial charge on any atom is 0.272 e. The van der Waals surface area contributed by atoms with E-state index in [1.54, 1.807) is 44.2 Å². The second kappa shape index (κ2) is 19.2. The van der Waals surface area contributed by atoms with Crippen molar-refractivity contribution in [2.75, 3.05) is 144 Å². The van der Waals surface area contributed by atoms with E-state index in [-0.39, 0.29) is 11.8 Å². The van der Waals surface area contributed by atoms with E-state index in [9.17, 15) is 9.59 Å². The van der Waals surface area contributed by atoms with Gasteiger partial charge in [-0.15, -0.1) is 0 Å². The molecule has 0 bridgehead atoms. The molecule has 0 aromatic carbocycles. The highest BCUT2D eigenvalue weighted by atomic mass is 16.2. The normalized spacial score (nSPS) is 16.8. The molecule has 0 radical (unpaired) electrons. The highest BCUT2D eigenvalue weighted by Crippen LogP contribution is 2.28. The molecule has 6 aromatic rings. The quantitative estimate of drug-likeness (QED) is 0.182. The van der Waals surface area contributed by atoms with Crippen molar-refractivity contribution in [3.8, 4) is 0 Å². The second-order valence-corrected chi connectivity index (χ2v) is 17.6. The summed E-state index contributed by atoms with van der Waals surface area (Å²) in [5, 5.41) is 16.2. The molecule has 6 aromatic heterocycles. The number of amides is 2. The van der Waals surface area contributed by atoms with Gasteiger partial charge >= 0.3 is 0 Å². The van der Waals surface area contributed by atoms with Crippen LogP contribution in [0.3, 0.4) is 0 Å². The van der Waals surface area contributed by atoms with E-state index >= 15 is 0 Å². The largest absolute Gasteiger partial charge is 0.368 e. The summed E-state index contributed by atoms with van der Waals surface area (Å²) in [5.74, 6) is 2.56. The Bertz CT molecular complexity index is 2580. The molecule has 0 spiro atoms. The molecular weight excluding hydrogens is 823 g/mol. The average Bonchev–Trinajstić information content (AvgIpc) is 4.17. The number of hydrogen-bond acceptors (Lipinski definition) is 15. The van der Waals surface area contributed by atoms with Crippen LogP contribution in [0.2, 0.25) is 0 Å². The summed E-state index contributed by atoms with van der Waals surface area (Å²) in [6, 6.07) is 14.0.